The van der Waals surface area contributed by atoms with Crippen molar-refractivity contribution in [2.45, 2.75) is 34.3 Å². The second-order valence-corrected chi connectivity index (χ2v) is 11.8. The first kappa shape index (κ1) is 21.0. The maximum atomic E-state index is 12.8. The molecule has 1 amide bonds. The molecule has 2 aliphatic rings. The number of likely N-dealkylation sites (tertiary alicyclic amines) is 1. The van der Waals surface area contributed by atoms with E-state index < -0.39 is 25.1 Å². The molecule has 1 atom stereocenters. The summed E-state index contributed by atoms with van der Waals surface area (Å²) in [7, 11) is -7.03. The zero-order valence-electron chi connectivity index (χ0n) is 16.5. The number of sulfone groups is 1. The first-order valence-corrected chi connectivity index (χ1v) is 13.0. The third kappa shape index (κ3) is 3.89. The Bertz CT molecular complexity index is 1120. The second kappa shape index (κ2) is 8.13. The van der Waals surface area contributed by atoms with E-state index in [4.69, 9.17) is 0 Å². The number of benzene rings is 2. The van der Waals surface area contributed by atoms with Gasteiger partial charge in [-0.1, -0.05) is 18.2 Å². The smallest absolute Gasteiger partial charge is 0.253 e. The minimum atomic E-state index is -3.53. The Morgan fingerprint density at radius 3 is 2.07 bits per heavy atom. The Balaban J connectivity index is 1.47. The minimum Gasteiger partial charge on any atom is -0.337 e. The number of carbonyl (C=O) groups is 1. The van der Waals surface area contributed by atoms with E-state index in [2.05, 4.69) is 0 Å². The van der Waals surface area contributed by atoms with Gasteiger partial charge in [-0.05, 0) is 55.7 Å². The SMILES string of the molecule is O=C(c1ccc(S(=O)(=O)N2CCCC2)cc1)N1CC[C@@H](S(=O)(=O)c2ccccc2)C1. The summed E-state index contributed by atoms with van der Waals surface area (Å²) in [6.45, 7) is 1.52. The molecule has 2 aliphatic heterocycles. The summed E-state index contributed by atoms with van der Waals surface area (Å²) in [6, 6.07) is 14.2. The zero-order chi connectivity index (χ0) is 21.4. The van der Waals surface area contributed by atoms with Gasteiger partial charge in [-0.25, -0.2) is 16.8 Å². The lowest BCUT2D eigenvalue weighted by molar-refractivity contribution is 0.0793. The molecule has 2 heterocycles. The molecule has 0 spiro atoms. The second-order valence-electron chi connectivity index (χ2n) is 7.66. The molecule has 160 valence electrons. The molecule has 2 aromatic rings. The average Bonchev–Trinajstić information content (AvgIpc) is 3.47. The molecular weight excluding hydrogens is 424 g/mol. The van der Waals surface area contributed by atoms with E-state index >= 15 is 0 Å². The molecule has 2 aromatic carbocycles. The van der Waals surface area contributed by atoms with Crippen LogP contribution in [0, 0.1) is 0 Å². The molecule has 2 saturated heterocycles. The molecule has 0 bridgehead atoms. The monoisotopic (exact) mass is 448 g/mol. The molecule has 2 fully saturated rings. The number of rotatable bonds is 5. The van der Waals surface area contributed by atoms with Crippen LogP contribution in [0.2, 0.25) is 0 Å². The zero-order valence-corrected chi connectivity index (χ0v) is 18.1. The highest BCUT2D eigenvalue weighted by atomic mass is 32.2. The molecule has 0 aromatic heterocycles. The summed E-state index contributed by atoms with van der Waals surface area (Å²) in [6.07, 6.45) is 2.10. The highest BCUT2D eigenvalue weighted by Crippen LogP contribution is 2.26. The fourth-order valence-corrected chi connectivity index (χ4v) is 7.23. The number of hydrogen-bond donors (Lipinski definition) is 0. The van der Waals surface area contributed by atoms with Gasteiger partial charge >= 0.3 is 0 Å². The van der Waals surface area contributed by atoms with E-state index in [9.17, 15) is 21.6 Å². The van der Waals surface area contributed by atoms with Gasteiger partial charge in [0.1, 0.15) is 0 Å². The molecule has 4 rings (SSSR count). The van der Waals surface area contributed by atoms with Crippen LogP contribution in [0.15, 0.2) is 64.4 Å². The van der Waals surface area contributed by atoms with Gasteiger partial charge in [0.05, 0.1) is 15.0 Å². The summed E-state index contributed by atoms with van der Waals surface area (Å²) in [5.41, 5.74) is 0.355. The predicted molar refractivity (Wildman–Crippen MR) is 112 cm³/mol. The van der Waals surface area contributed by atoms with Gasteiger partial charge in [-0.2, -0.15) is 4.31 Å². The lowest BCUT2D eigenvalue weighted by atomic mass is 10.2. The summed E-state index contributed by atoms with van der Waals surface area (Å²) in [5.74, 6) is -0.286. The number of carbonyl (C=O) groups excluding carboxylic acids is 1. The van der Waals surface area contributed by atoms with Crippen LogP contribution in [-0.2, 0) is 19.9 Å². The number of hydrogen-bond acceptors (Lipinski definition) is 5. The normalized spacial score (nSPS) is 20.5. The van der Waals surface area contributed by atoms with E-state index in [0.717, 1.165) is 12.8 Å². The molecular formula is C21H24N2O5S2. The third-order valence-electron chi connectivity index (χ3n) is 5.75. The van der Waals surface area contributed by atoms with E-state index in [0.29, 0.717) is 31.6 Å². The molecule has 0 unspecified atom stereocenters. The molecule has 0 saturated carbocycles. The van der Waals surface area contributed by atoms with Gasteiger partial charge in [0, 0.05) is 31.7 Å². The van der Waals surface area contributed by atoms with Crippen molar-refractivity contribution in [3.05, 3.63) is 60.2 Å². The number of nitrogens with zero attached hydrogens (tertiary/aromatic N) is 2. The Kier molecular flexibility index (Phi) is 5.69. The number of sulfonamides is 1. The van der Waals surface area contributed by atoms with Gasteiger partial charge in [0.15, 0.2) is 9.84 Å². The van der Waals surface area contributed by atoms with Crippen molar-refractivity contribution in [2.24, 2.45) is 0 Å². The van der Waals surface area contributed by atoms with Crippen molar-refractivity contribution in [1.29, 1.82) is 0 Å². The predicted octanol–water partition coefficient (Wildman–Crippen LogP) is 2.16. The first-order valence-electron chi connectivity index (χ1n) is 9.98. The van der Waals surface area contributed by atoms with Crippen molar-refractivity contribution in [3.63, 3.8) is 0 Å². The molecule has 30 heavy (non-hydrogen) atoms. The average molecular weight is 449 g/mol. The van der Waals surface area contributed by atoms with Crippen LogP contribution in [0.1, 0.15) is 29.6 Å². The van der Waals surface area contributed by atoms with Crippen LogP contribution in [0.3, 0.4) is 0 Å². The molecule has 0 radical (unpaired) electrons. The minimum absolute atomic E-state index is 0.129. The lowest BCUT2D eigenvalue weighted by Gasteiger charge is -2.18. The summed E-state index contributed by atoms with van der Waals surface area (Å²) >= 11 is 0. The van der Waals surface area contributed by atoms with E-state index in [1.165, 1.54) is 33.5 Å². The molecule has 0 aliphatic carbocycles. The summed E-state index contributed by atoms with van der Waals surface area (Å²) in [5, 5.41) is -0.640. The highest BCUT2D eigenvalue weighted by molar-refractivity contribution is 7.92. The fraction of sp³-hybridized carbons (Fsp3) is 0.381. The van der Waals surface area contributed by atoms with Gasteiger partial charge < -0.3 is 4.90 Å². The van der Waals surface area contributed by atoms with Crippen LogP contribution < -0.4 is 0 Å². The van der Waals surface area contributed by atoms with E-state index in [-0.39, 0.29) is 22.2 Å². The van der Waals surface area contributed by atoms with E-state index in [1.807, 2.05) is 0 Å². The van der Waals surface area contributed by atoms with Crippen molar-refractivity contribution in [1.82, 2.24) is 9.21 Å². The molecule has 9 heteroatoms. The van der Waals surface area contributed by atoms with Crippen LogP contribution in [0.25, 0.3) is 0 Å². The van der Waals surface area contributed by atoms with Gasteiger partial charge in [0.2, 0.25) is 10.0 Å². The summed E-state index contributed by atoms with van der Waals surface area (Å²) in [4.78, 5) is 14.8. The highest BCUT2D eigenvalue weighted by Gasteiger charge is 2.36. The Labute approximate surface area is 177 Å². The number of amides is 1. The van der Waals surface area contributed by atoms with Crippen molar-refractivity contribution >= 4 is 25.8 Å². The summed E-state index contributed by atoms with van der Waals surface area (Å²) < 4.78 is 52.3. The van der Waals surface area contributed by atoms with Gasteiger partial charge in [-0.3, -0.25) is 4.79 Å². The van der Waals surface area contributed by atoms with Crippen LogP contribution >= 0.6 is 0 Å². The largest absolute Gasteiger partial charge is 0.337 e. The first-order chi connectivity index (χ1) is 14.3. The maximum Gasteiger partial charge on any atom is 0.253 e. The molecule has 7 nitrogen and oxygen atoms in total. The quantitative estimate of drug-likeness (QED) is 0.699. The van der Waals surface area contributed by atoms with Crippen LogP contribution in [0.5, 0.6) is 0 Å². The van der Waals surface area contributed by atoms with E-state index in [1.54, 1.807) is 30.3 Å². The fourth-order valence-electron chi connectivity index (χ4n) is 4.00. The van der Waals surface area contributed by atoms with Gasteiger partial charge in [-0.15, -0.1) is 0 Å². The van der Waals surface area contributed by atoms with Crippen LogP contribution in [0.4, 0.5) is 0 Å². The Morgan fingerprint density at radius 1 is 0.800 bits per heavy atom. The standard InChI is InChI=1S/C21H24N2O5S2/c24-21(17-8-10-19(11-9-17)30(27,28)23-13-4-5-14-23)22-15-12-20(16-22)29(25,26)18-6-2-1-3-7-18/h1-3,6-11,20H,4-5,12-16H2/t20-/m1/s1. The Hall–Kier alpha value is -2.23. The topological polar surface area (TPSA) is 91.8 Å². The molecule has 0 N–H and O–H groups in total. The van der Waals surface area contributed by atoms with Crippen molar-refractivity contribution < 1.29 is 21.6 Å². The lowest BCUT2D eigenvalue weighted by Crippen LogP contribution is -2.32. The van der Waals surface area contributed by atoms with Crippen molar-refractivity contribution in [3.8, 4) is 0 Å². The Morgan fingerprint density at radius 2 is 1.43 bits per heavy atom. The maximum absolute atomic E-state index is 12.8. The van der Waals surface area contributed by atoms with Gasteiger partial charge in [0.25, 0.3) is 5.91 Å². The third-order valence-corrected chi connectivity index (χ3v) is 9.85. The van der Waals surface area contributed by atoms with Crippen molar-refractivity contribution in [2.75, 3.05) is 26.2 Å². The van der Waals surface area contributed by atoms with Crippen LogP contribution in [-0.4, -0.2) is 63.4 Å².